The molecule has 0 fully saturated rings. The number of hydrogen-bond acceptors (Lipinski definition) is 3. The molecule has 4 rings (SSSR count). The molecule has 0 aliphatic rings. The van der Waals surface area contributed by atoms with Crippen LogP contribution >= 0.6 is 0 Å². The Morgan fingerprint density at radius 1 is 0.962 bits per heavy atom. The van der Waals surface area contributed by atoms with E-state index in [4.69, 9.17) is 4.74 Å². The van der Waals surface area contributed by atoms with E-state index in [9.17, 15) is 0 Å². The van der Waals surface area contributed by atoms with Gasteiger partial charge in [0.2, 0.25) is 0 Å². The van der Waals surface area contributed by atoms with Crippen molar-refractivity contribution in [3.8, 4) is 5.75 Å². The zero-order valence-electron chi connectivity index (χ0n) is 14.7. The van der Waals surface area contributed by atoms with Gasteiger partial charge in [-0.25, -0.2) is 0 Å². The first-order chi connectivity index (χ1) is 12.8. The highest BCUT2D eigenvalue weighted by Crippen LogP contribution is 2.25. The van der Waals surface area contributed by atoms with Gasteiger partial charge < -0.3 is 14.6 Å². The molecule has 0 spiro atoms. The van der Waals surface area contributed by atoms with Crippen molar-refractivity contribution in [1.29, 1.82) is 0 Å². The number of pyridine rings is 1. The van der Waals surface area contributed by atoms with E-state index in [-0.39, 0.29) is 0 Å². The minimum atomic E-state index is 0.755. The lowest BCUT2D eigenvalue weighted by Gasteiger charge is -2.10. The highest BCUT2D eigenvalue weighted by molar-refractivity contribution is 5.84. The standard InChI is InChI=1S/C22H21N3O/c1-26-22-11-5-2-7-17(22)15-25-16-18(20-9-3-4-10-21(20)25)13-24-19-8-6-12-23-14-19/h2-12,14,16,24H,13,15H2,1H3. The van der Waals surface area contributed by atoms with Crippen molar-refractivity contribution < 1.29 is 4.74 Å². The molecule has 4 nitrogen and oxygen atoms in total. The lowest BCUT2D eigenvalue weighted by atomic mass is 10.1. The molecule has 0 aliphatic heterocycles. The van der Waals surface area contributed by atoms with Crippen LogP contribution < -0.4 is 10.1 Å². The summed E-state index contributed by atoms with van der Waals surface area (Å²) in [6, 6.07) is 20.6. The summed E-state index contributed by atoms with van der Waals surface area (Å²) in [5.41, 5.74) is 4.68. The molecule has 0 saturated heterocycles. The summed E-state index contributed by atoms with van der Waals surface area (Å²) >= 11 is 0. The fraction of sp³-hybridized carbons (Fsp3) is 0.136. The molecule has 2 aromatic carbocycles. The molecular formula is C22H21N3O. The van der Waals surface area contributed by atoms with Crippen LogP contribution in [0.4, 0.5) is 5.69 Å². The molecule has 130 valence electrons. The Labute approximate surface area is 153 Å². The predicted molar refractivity (Wildman–Crippen MR) is 106 cm³/mol. The largest absolute Gasteiger partial charge is 0.496 e. The van der Waals surface area contributed by atoms with Crippen molar-refractivity contribution in [2.45, 2.75) is 13.1 Å². The SMILES string of the molecule is COc1ccccc1Cn1cc(CNc2cccnc2)c2ccccc21. The molecule has 1 N–H and O–H groups in total. The summed E-state index contributed by atoms with van der Waals surface area (Å²) in [5.74, 6) is 0.917. The van der Waals surface area contributed by atoms with E-state index in [0.29, 0.717) is 0 Å². The number of methoxy groups -OCH3 is 1. The van der Waals surface area contributed by atoms with E-state index in [1.165, 1.54) is 22.0 Å². The Kier molecular flexibility index (Phi) is 4.56. The number of benzene rings is 2. The Hall–Kier alpha value is -3.27. The molecule has 2 aromatic heterocycles. The molecule has 0 atom stereocenters. The van der Waals surface area contributed by atoms with Crippen LogP contribution in [0, 0.1) is 0 Å². The van der Waals surface area contributed by atoms with E-state index in [0.717, 1.165) is 24.5 Å². The molecule has 4 heteroatoms. The van der Waals surface area contributed by atoms with E-state index < -0.39 is 0 Å². The van der Waals surface area contributed by atoms with Crippen molar-refractivity contribution in [2.75, 3.05) is 12.4 Å². The quantitative estimate of drug-likeness (QED) is 0.551. The Balaban J connectivity index is 1.65. The van der Waals surface area contributed by atoms with Crippen molar-refractivity contribution in [3.63, 3.8) is 0 Å². The Bertz CT molecular complexity index is 1010. The third kappa shape index (κ3) is 3.26. The molecule has 4 aromatic rings. The van der Waals surface area contributed by atoms with Crippen LogP contribution in [0.25, 0.3) is 10.9 Å². The molecule has 0 bridgehead atoms. The molecule has 0 unspecified atom stereocenters. The predicted octanol–water partition coefficient (Wildman–Crippen LogP) is 4.71. The first kappa shape index (κ1) is 16.2. The van der Waals surface area contributed by atoms with Crippen molar-refractivity contribution >= 4 is 16.6 Å². The number of hydrogen-bond donors (Lipinski definition) is 1. The van der Waals surface area contributed by atoms with Gasteiger partial charge in [0.15, 0.2) is 0 Å². The Morgan fingerprint density at radius 3 is 2.65 bits per heavy atom. The average Bonchev–Trinajstić information content (AvgIpc) is 3.05. The summed E-state index contributed by atoms with van der Waals surface area (Å²) in [4.78, 5) is 4.16. The van der Waals surface area contributed by atoms with Crippen LogP contribution in [0.3, 0.4) is 0 Å². The fourth-order valence-electron chi connectivity index (χ4n) is 3.28. The van der Waals surface area contributed by atoms with Gasteiger partial charge in [0, 0.05) is 41.6 Å². The third-order valence-electron chi connectivity index (χ3n) is 4.55. The number of ether oxygens (including phenoxy) is 1. The minimum absolute atomic E-state index is 0.755. The van der Waals surface area contributed by atoms with Crippen molar-refractivity contribution in [2.24, 2.45) is 0 Å². The number of nitrogens with one attached hydrogen (secondary N) is 1. The molecule has 26 heavy (non-hydrogen) atoms. The first-order valence-electron chi connectivity index (χ1n) is 8.67. The van der Waals surface area contributed by atoms with E-state index >= 15 is 0 Å². The van der Waals surface area contributed by atoms with Crippen LogP contribution in [0.1, 0.15) is 11.1 Å². The summed E-state index contributed by atoms with van der Waals surface area (Å²) < 4.78 is 7.79. The molecule has 0 radical (unpaired) electrons. The monoisotopic (exact) mass is 343 g/mol. The maximum atomic E-state index is 5.51. The van der Waals surface area contributed by atoms with Gasteiger partial charge in [-0.3, -0.25) is 4.98 Å². The summed E-state index contributed by atoms with van der Waals surface area (Å²) in [5, 5.41) is 4.72. The fourth-order valence-corrected chi connectivity index (χ4v) is 3.28. The second-order valence-electron chi connectivity index (χ2n) is 6.21. The Morgan fingerprint density at radius 2 is 1.81 bits per heavy atom. The van der Waals surface area contributed by atoms with Gasteiger partial charge in [-0.15, -0.1) is 0 Å². The summed E-state index contributed by atoms with van der Waals surface area (Å²) in [6.45, 7) is 1.53. The minimum Gasteiger partial charge on any atom is -0.496 e. The van der Waals surface area contributed by atoms with Gasteiger partial charge in [0.25, 0.3) is 0 Å². The normalized spacial score (nSPS) is 10.8. The van der Waals surface area contributed by atoms with Crippen molar-refractivity contribution in [3.05, 3.63) is 90.4 Å². The van der Waals surface area contributed by atoms with Gasteiger partial charge in [-0.1, -0.05) is 36.4 Å². The maximum absolute atomic E-state index is 5.51. The lowest BCUT2D eigenvalue weighted by Crippen LogP contribution is -2.01. The number of rotatable bonds is 6. The second-order valence-corrected chi connectivity index (χ2v) is 6.21. The van der Waals surface area contributed by atoms with Crippen molar-refractivity contribution in [1.82, 2.24) is 9.55 Å². The van der Waals surface area contributed by atoms with Gasteiger partial charge in [0.1, 0.15) is 5.75 Å². The molecular weight excluding hydrogens is 322 g/mol. The van der Waals surface area contributed by atoms with Crippen LogP contribution in [-0.2, 0) is 13.1 Å². The molecule has 0 aliphatic carbocycles. The highest BCUT2D eigenvalue weighted by atomic mass is 16.5. The maximum Gasteiger partial charge on any atom is 0.123 e. The van der Waals surface area contributed by atoms with Crippen LogP contribution in [-0.4, -0.2) is 16.7 Å². The van der Waals surface area contributed by atoms with Gasteiger partial charge in [0.05, 0.1) is 19.3 Å². The van der Waals surface area contributed by atoms with E-state index in [1.54, 1.807) is 13.3 Å². The van der Waals surface area contributed by atoms with E-state index in [2.05, 4.69) is 57.5 Å². The topological polar surface area (TPSA) is 39.1 Å². The summed E-state index contributed by atoms with van der Waals surface area (Å²) in [7, 11) is 1.72. The average molecular weight is 343 g/mol. The van der Waals surface area contributed by atoms with E-state index in [1.807, 2.05) is 30.5 Å². The number of aromatic nitrogens is 2. The van der Waals surface area contributed by atoms with Gasteiger partial charge in [-0.05, 0) is 29.8 Å². The smallest absolute Gasteiger partial charge is 0.123 e. The lowest BCUT2D eigenvalue weighted by molar-refractivity contribution is 0.408. The van der Waals surface area contributed by atoms with Crippen LogP contribution in [0.2, 0.25) is 0 Å². The van der Waals surface area contributed by atoms with Gasteiger partial charge >= 0.3 is 0 Å². The zero-order chi connectivity index (χ0) is 17.8. The number of anilines is 1. The number of fused-ring (bicyclic) bond motifs is 1. The number of para-hydroxylation sites is 2. The van der Waals surface area contributed by atoms with Crippen LogP contribution in [0.5, 0.6) is 5.75 Å². The molecule has 0 saturated carbocycles. The molecule has 2 heterocycles. The third-order valence-corrected chi connectivity index (χ3v) is 4.55. The van der Waals surface area contributed by atoms with Gasteiger partial charge in [-0.2, -0.15) is 0 Å². The second kappa shape index (κ2) is 7.31. The van der Waals surface area contributed by atoms with Crippen LogP contribution in [0.15, 0.2) is 79.3 Å². The molecule has 0 amide bonds. The highest BCUT2D eigenvalue weighted by Gasteiger charge is 2.10. The zero-order valence-corrected chi connectivity index (χ0v) is 14.7. The number of nitrogens with zero attached hydrogens (tertiary/aromatic N) is 2. The summed E-state index contributed by atoms with van der Waals surface area (Å²) in [6.07, 6.45) is 5.85. The first-order valence-corrected chi connectivity index (χ1v) is 8.67.